The second kappa shape index (κ2) is 15.6. The minimum absolute atomic E-state index is 0. The zero-order chi connectivity index (χ0) is 15.2. The molecule has 1 heterocycles. The topological polar surface area (TPSA) is 8.81 Å². The second-order valence-corrected chi connectivity index (χ2v) is 6.56. The molecule has 0 unspecified atom stereocenters. The molecule has 0 amide bonds. The van der Waals surface area contributed by atoms with Gasteiger partial charge in [-0.05, 0) is 12.8 Å². The van der Waals surface area contributed by atoms with Crippen LogP contribution in [-0.4, -0.2) is 4.57 Å². The monoisotopic (exact) mass is 373 g/mol. The Morgan fingerprint density at radius 1 is 0.727 bits per heavy atom. The molecule has 1 aromatic heterocycles. The Bertz CT molecular complexity index is 336. The van der Waals surface area contributed by atoms with E-state index in [2.05, 4.69) is 41.8 Å². The molecular weight excluding hydrogens is 336 g/mol. The number of rotatable bonds is 14. The van der Waals surface area contributed by atoms with Gasteiger partial charge in [0.15, 0.2) is 0 Å². The van der Waals surface area contributed by atoms with Crippen LogP contribution in [0.2, 0.25) is 0 Å². The Morgan fingerprint density at radius 3 is 1.59 bits per heavy atom. The van der Waals surface area contributed by atoms with E-state index in [1.54, 1.807) is 0 Å². The lowest BCUT2D eigenvalue weighted by molar-refractivity contribution is -0.671. The summed E-state index contributed by atoms with van der Waals surface area (Å²) < 4.78 is 4.40. The average molecular weight is 374 g/mol. The van der Waals surface area contributed by atoms with Gasteiger partial charge in [0, 0.05) is 0 Å². The van der Waals surface area contributed by atoms with Gasteiger partial charge in [0.05, 0.1) is 13.6 Å². The van der Waals surface area contributed by atoms with Crippen molar-refractivity contribution in [1.82, 2.24) is 4.57 Å². The SMILES string of the molecule is Br.CCCCCCCCCCCCCCCn1cc[n+](C)c1. The number of aryl methyl sites for hydroxylation is 2. The van der Waals surface area contributed by atoms with Crippen molar-refractivity contribution in [3.05, 3.63) is 18.7 Å². The maximum atomic E-state index is 2.29. The standard InChI is InChI=1S/C19H37N2.BrH/c1-3-4-5-6-7-8-9-10-11-12-13-14-15-16-21-18-17-20(2)19-21;/h17-19H,3-16H2,1-2H3;1H/q+1;. The van der Waals surface area contributed by atoms with E-state index in [0.717, 1.165) is 0 Å². The molecule has 3 heteroatoms. The molecule has 0 N–H and O–H groups in total. The van der Waals surface area contributed by atoms with Crippen LogP contribution in [0.1, 0.15) is 90.4 Å². The Labute approximate surface area is 149 Å². The quantitative estimate of drug-likeness (QED) is 0.280. The van der Waals surface area contributed by atoms with Crippen molar-refractivity contribution in [2.45, 2.75) is 96.9 Å². The summed E-state index contributed by atoms with van der Waals surface area (Å²) in [6.07, 6.45) is 25.0. The van der Waals surface area contributed by atoms with Crippen molar-refractivity contribution in [2.24, 2.45) is 7.05 Å². The molecule has 0 saturated heterocycles. The Hall–Kier alpha value is -0.310. The fourth-order valence-corrected chi connectivity index (χ4v) is 2.95. The maximum Gasteiger partial charge on any atom is 0.243 e. The van der Waals surface area contributed by atoms with Gasteiger partial charge in [-0.15, -0.1) is 17.0 Å². The van der Waals surface area contributed by atoms with Crippen LogP contribution in [-0.2, 0) is 13.6 Å². The molecule has 0 atom stereocenters. The van der Waals surface area contributed by atoms with Crippen molar-refractivity contribution in [3.63, 3.8) is 0 Å². The molecule has 2 nitrogen and oxygen atoms in total. The third-order valence-corrected chi connectivity index (χ3v) is 4.34. The molecule has 22 heavy (non-hydrogen) atoms. The number of halogens is 1. The summed E-state index contributed by atoms with van der Waals surface area (Å²) in [4.78, 5) is 0. The molecule has 0 aliphatic carbocycles. The highest BCUT2D eigenvalue weighted by Crippen LogP contribution is 2.12. The zero-order valence-electron chi connectivity index (χ0n) is 14.9. The molecule has 0 aliphatic rings. The Morgan fingerprint density at radius 2 is 1.18 bits per heavy atom. The summed E-state index contributed by atoms with van der Waals surface area (Å²) in [6.45, 7) is 3.47. The highest BCUT2D eigenvalue weighted by molar-refractivity contribution is 8.93. The summed E-state index contributed by atoms with van der Waals surface area (Å²) in [5.41, 5.74) is 0. The second-order valence-electron chi connectivity index (χ2n) is 6.56. The normalized spacial score (nSPS) is 10.6. The first kappa shape index (κ1) is 21.7. The molecule has 0 radical (unpaired) electrons. The number of hydrogen-bond acceptors (Lipinski definition) is 0. The number of imidazole rings is 1. The van der Waals surface area contributed by atoms with Crippen molar-refractivity contribution in [2.75, 3.05) is 0 Å². The Balaban J connectivity index is 0.00000441. The van der Waals surface area contributed by atoms with Crippen LogP contribution in [0.4, 0.5) is 0 Å². The lowest BCUT2D eigenvalue weighted by Gasteiger charge is -2.02. The third kappa shape index (κ3) is 12.3. The predicted octanol–water partition coefficient (Wildman–Crippen LogP) is 5.98. The summed E-state index contributed by atoms with van der Waals surface area (Å²) >= 11 is 0. The molecular formula is C19H38BrN2+. The van der Waals surface area contributed by atoms with Gasteiger partial charge in [0.25, 0.3) is 0 Å². The molecule has 0 bridgehead atoms. The molecule has 130 valence electrons. The average Bonchev–Trinajstić information content (AvgIpc) is 2.89. The number of unbranched alkanes of at least 4 members (excludes halogenated alkanes) is 12. The van der Waals surface area contributed by atoms with Gasteiger partial charge in [-0.3, -0.25) is 0 Å². The van der Waals surface area contributed by atoms with Crippen molar-refractivity contribution in [1.29, 1.82) is 0 Å². The summed E-state index contributed by atoms with van der Waals surface area (Å²) in [5.74, 6) is 0. The highest BCUT2D eigenvalue weighted by Gasteiger charge is 1.99. The van der Waals surface area contributed by atoms with Crippen LogP contribution < -0.4 is 4.57 Å². The molecule has 0 fully saturated rings. The first-order valence-electron chi connectivity index (χ1n) is 9.34. The van der Waals surface area contributed by atoms with Crippen LogP contribution in [0.25, 0.3) is 0 Å². The molecule has 0 aromatic carbocycles. The lowest BCUT2D eigenvalue weighted by Crippen LogP contribution is -2.23. The fraction of sp³-hybridized carbons (Fsp3) is 0.842. The van der Waals surface area contributed by atoms with Crippen molar-refractivity contribution >= 4 is 17.0 Å². The maximum absolute atomic E-state index is 2.29. The van der Waals surface area contributed by atoms with Crippen LogP contribution >= 0.6 is 17.0 Å². The number of nitrogens with zero attached hydrogens (tertiary/aromatic N) is 2. The summed E-state index contributed by atoms with van der Waals surface area (Å²) in [7, 11) is 2.08. The number of aromatic nitrogens is 2. The van der Waals surface area contributed by atoms with E-state index >= 15 is 0 Å². The first-order chi connectivity index (χ1) is 10.3. The lowest BCUT2D eigenvalue weighted by atomic mass is 10.0. The van der Waals surface area contributed by atoms with Crippen molar-refractivity contribution in [3.8, 4) is 0 Å². The zero-order valence-corrected chi connectivity index (χ0v) is 16.6. The molecule has 1 rings (SSSR count). The van der Waals surface area contributed by atoms with E-state index in [1.165, 1.54) is 90.0 Å². The van der Waals surface area contributed by atoms with Gasteiger partial charge < -0.3 is 0 Å². The van der Waals surface area contributed by atoms with E-state index in [9.17, 15) is 0 Å². The minimum Gasteiger partial charge on any atom is -0.240 e. The Kier molecular flexibility index (Phi) is 15.4. The van der Waals surface area contributed by atoms with Crippen LogP contribution in [0.15, 0.2) is 18.7 Å². The molecule has 0 aliphatic heterocycles. The summed E-state index contributed by atoms with van der Waals surface area (Å²) in [5, 5.41) is 0. The van der Waals surface area contributed by atoms with Gasteiger partial charge >= 0.3 is 0 Å². The van der Waals surface area contributed by atoms with E-state index < -0.39 is 0 Å². The van der Waals surface area contributed by atoms with E-state index in [4.69, 9.17) is 0 Å². The minimum atomic E-state index is 0. The van der Waals surface area contributed by atoms with E-state index in [0.29, 0.717) is 0 Å². The summed E-state index contributed by atoms with van der Waals surface area (Å²) in [6, 6.07) is 0. The van der Waals surface area contributed by atoms with Gasteiger partial charge in [-0.1, -0.05) is 77.6 Å². The van der Waals surface area contributed by atoms with Crippen LogP contribution in [0, 0.1) is 0 Å². The number of hydrogen-bond donors (Lipinski definition) is 0. The van der Waals surface area contributed by atoms with Gasteiger partial charge in [0.2, 0.25) is 6.33 Å². The fourth-order valence-electron chi connectivity index (χ4n) is 2.95. The van der Waals surface area contributed by atoms with Gasteiger partial charge in [-0.25, -0.2) is 9.13 Å². The van der Waals surface area contributed by atoms with Gasteiger partial charge in [0.1, 0.15) is 12.4 Å². The van der Waals surface area contributed by atoms with Crippen molar-refractivity contribution < 1.29 is 4.57 Å². The highest BCUT2D eigenvalue weighted by atomic mass is 79.9. The largest absolute Gasteiger partial charge is 0.243 e. The third-order valence-electron chi connectivity index (χ3n) is 4.34. The van der Waals surface area contributed by atoms with Gasteiger partial charge in [-0.2, -0.15) is 0 Å². The van der Waals surface area contributed by atoms with E-state index in [1.807, 2.05) is 0 Å². The van der Waals surface area contributed by atoms with Crippen LogP contribution in [0.3, 0.4) is 0 Å². The molecule has 0 saturated carbocycles. The smallest absolute Gasteiger partial charge is 0.240 e. The van der Waals surface area contributed by atoms with E-state index in [-0.39, 0.29) is 17.0 Å². The van der Waals surface area contributed by atoms with Crippen LogP contribution in [0.5, 0.6) is 0 Å². The first-order valence-corrected chi connectivity index (χ1v) is 9.34. The predicted molar refractivity (Wildman–Crippen MR) is 102 cm³/mol. The molecule has 0 spiro atoms. The molecule has 1 aromatic rings.